The van der Waals surface area contributed by atoms with E-state index in [2.05, 4.69) is 11.8 Å². The number of ether oxygens (including phenoxy) is 1. The van der Waals surface area contributed by atoms with Gasteiger partial charge < -0.3 is 15.4 Å². The molecule has 0 aromatic rings. The summed E-state index contributed by atoms with van der Waals surface area (Å²) in [7, 11) is 0. The number of hydrogen-bond donors (Lipinski definition) is 1. The minimum Gasteiger partial charge on any atom is -0.393 e. The molecule has 1 fully saturated rings. The van der Waals surface area contributed by atoms with Crippen molar-refractivity contribution in [1.29, 1.82) is 0 Å². The molecule has 0 saturated carbocycles. The molecule has 0 radical (unpaired) electrons. The molecule has 1 heterocycles. The Labute approximate surface area is 111 Å². The molecular formula is C13H26N2OS. The third-order valence-corrected chi connectivity index (χ3v) is 3.37. The summed E-state index contributed by atoms with van der Waals surface area (Å²) in [6.45, 7) is 6.55. The smallest absolute Gasteiger partial charge is 0.0727 e. The number of thiocarbonyl (C=S) groups is 1. The van der Waals surface area contributed by atoms with Crippen molar-refractivity contribution in [2.24, 2.45) is 5.73 Å². The molecule has 2 N–H and O–H groups in total. The number of nitrogens with zero attached hydrogens (tertiary/aromatic N) is 1. The number of hydrogen-bond acceptors (Lipinski definition) is 3. The highest BCUT2D eigenvalue weighted by atomic mass is 32.1. The lowest BCUT2D eigenvalue weighted by molar-refractivity contribution is -0.000295. The number of piperidine rings is 1. The largest absolute Gasteiger partial charge is 0.393 e. The normalized spacial score (nSPS) is 21.6. The molecule has 1 aliphatic rings. The molecule has 1 atom stereocenters. The van der Waals surface area contributed by atoms with E-state index < -0.39 is 0 Å². The van der Waals surface area contributed by atoms with Gasteiger partial charge in [0.2, 0.25) is 0 Å². The molecule has 1 unspecified atom stereocenters. The minimum absolute atomic E-state index is 0.458. The van der Waals surface area contributed by atoms with Crippen LogP contribution in [-0.4, -0.2) is 42.2 Å². The van der Waals surface area contributed by atoms with Crippen molar-refractivity contribution < 1.29 is 4.74 Å². The quantitative estimate of drug-likeness (QED) is 0.536. The van der Waals surface area contributed by atoms with Crippen LogP contribution in [0.4, 0.5) is 0 Å². The average Bonchev–Trinajstić information content (AvgIpc) is 2.32. The fourth-order valence-electron chi connectivity index (χ4n) is 2.27. The zero-order valence-electron chi connectivity index (χ0n) is 11.0. The second kappa shape index (κ2) is 8.84. The second-order valence-corrected chi connectivity index (χ2v) is 5.38. The van der Waals surface area contributed by atoms with E-state index >= 15 is 0 Å². The van der Waals surface area contributed by atoms with Gasteiger partial charge in [0.1, 0.15) is 0 Å². The maximum atomic E-state index is 5.82. The Hall–Kier alpha value is -0.190. The van der Waals surface area contributed by atoms with Crippen LogP contribution in [-0.2, 0) is 4.74 Å². The molecule has 1 aliphatic heterocycles. The highest BCUT2D eigenvalue weighted by molar-refractivity contribution is 7.80. The van der Waals surface area contributed by atoms with Crippen LogP contribution in [0.15, 0.2) is 0 Å². The van der Waals surface area contributed by atoms with E-state index in [0.717, 1.165) is 39.0 Å². The van der Waals surface area contributed by atoms with E-state index in [1.54, 1.807) is 0 Å². The summed E-state index contributed by atoms with van der Waals surface area (Å²) in [6.07, 6.45) is 7.26. The van der Waals surface area contributed by atoms with E-state index in [4.69, 9.17) is 22.7 Å². The first-order valence-corrected chi connectivity index (χ1v) is 7.25. The third kappa shape index (κ3) is 6.96. The van der Waals surface area contributed by atoms with E-state index in [0.29, 0.717) is 11.1 Å². The van der Waals surface area contributed by atoms with Crippen molar-refractivity contribution in [1.82, 2.24) is 4.90 Å². The van der Waals surface area contributed by atoms with E-state index in [1.165, 1.54) is 25.8 Å². The van der Waals surface area contributed by atoms with Crippen molar-refractivity contribution >= 4 is 17.2 Å². The molecule has 1 rings (SSSR count). The zero-order valence-corrected chi connectivity index (χ0v) is 11.8. The summed E-state index contributed by atoms with van der Waals surface area (Å²) in [5, 5.41) is 0. The number of likely N-dealkylation sites (tertiary alicyclic amines) is 1. The summed E-state index contributed by atoms with van der Waals surface area (Å²) in [5.41, 5.74) is 5.49. The Bertz CT molecular complexity index is 223. The standard InChI is InChI=1S/C13H26N2OS/c1-2-10-16-12-6-5-9-15(11-12)8-4-3-7-13(14)17/h12H,2-11H2,1H3,(H2,14,17). The SMILES string of the molecule is CCCOC1CCCN(CCCCC(N)=S)C1. The molecule has 0 aliphatic carbocycles. The van der Waals surface area contributed by atoms with Gasteiger partial charge in [-0.2, -0.15) is 0 Å². The molecular weight excluding hydrogens is 232 g/mol. The molecule has 3 nitrogen and oxygen atoms in total. The molecule has 0 bridgehead atoms. The fraction of sp³-hybridized carbons (Fsp3) is 0.923. The zero-order chi connectivity index (χ0) is 12.5. The van der Waals surface area contributed by atoms with Crippen LogP contribution in [0, 0.1) is 0 Å². The Kier molecular flexibility index (Phi) is 7.73. The van der Waals surface area contributed by atoms with E-state index in [-0.39, 0.29) is 0 Å². The first-order chi connectivity index (χ1) is 8.22. The van der Waals surface area contributed by atoms with Gasteiger partial charge in [0, 0.05) is 13.2 Å². The summed E-state index contributed by atoms with van der Waals surface area (Å²) in [6, 6.07) is 0. The Morgan fingerprint density at radius 2 is 2.29 bits per heavy atom. The number of nitrogens with two attached hydrogens (primary N) is 1. The van der Waals surface area contributed by atoms with Crippen LogP contribution in [0.1, 0.15) is 45.4 Å². The fourth-order valence-corrected chi connectivity index (χ4v) is 2.42. The maximum Gasteiger partial charge on any atom is 0.0727 e. The average molecular weight is 258 g/mol. The van der Waals surface area contributed by atoms with Gasteiger partial charge >= 0.3 is 0 Å². The van der Waals surface area contributed by atoms with E-state index in [1.807, 2.05) is 0 Å². The lowest BCUT2D eigenvalue weighted by atomic mass is 10.1. The predicted octanol–water partition coefficient (Wildman–Crippen LogP) is 2.33. The maximum absolute atomic E-state index is 5.82. The molecule has 17 heavy (non-hydrogen) atoms. The van der Waals surface area contributed by atoms with Crippen molar-refractivity contribution in [2.75, 3.05) is 26.2 Å². The van der Waals surface area contributed by atoms with Gasteiger partial charge in [-0.25, -0.2) is 0 Å². The summed E-state index contributed by atoms with van der Waals surface area (Å²) in [5.74, 6) is 0. The van der Waals surface area contributed by atoms with Crippen molar-refractivity contribution in [3.63, 3.8) is 0 Å². The van der Waals surface area contributed by atoms with Gasteiger partial charge in [0.15, 0.2) is 0 Å². The summed E-state index contributed by atoms with van der Waals surface area (Å²) in [4.78, 5) is 3.16. The van der Waals surface area contributed by atoms with Crippen LogP contribution in [0.2, 0.25) is 0 Å². The summed E-state index contributed by atoms with van der Waals surface area (Å²) < 4.78 is 5.82. The van der Waals surface area contributed by atoms with Crippen LogP contribution in [0.5, 0.6) is 0 Å². The first kappa shape index (κ1) is 14.9. The third-order valence-electron chi connectivity index (χ3n) is 3.17. The first-order valence-electron chi connectivity index (χ1n) is 6.84. The molecule has 4 heteroatoms. The Morgan fingerprint density at radius 1 is 1.47 bits per heavy atom. The second-order valence-electron chi connectivity index (χ2n) is 4.86. The number of unbranched alkanes of at least 4 members (excludes halogenated alkanes) is 1. The van der Waals surface area contributed by atoms with Gasteiger partial charge in [0.05, 0.1) is 11.1 Å². The predicted molar refractivity (Wildman–Crippen MR) is 76.3 cm³/mol. The highest BCUT2D eigenvalue weighted by Crippen LogP contribution is 2.14. The van der Waals surface area contributed by atoms with Gasteiger partial charge in [-0.1, -0.05) is 19.1 Å². The van der Waals surface area contributed by atoms with Gasteiger partial charge in [-0.05, 0) is 51.6 Å². The van der Waals surface area contributed by atoms with Gasteiger partial charge in [-0.3, -0.25) is 0 Å². The van der Waals surface area contributed by atoms with Gasteiger partial charge in [-0.15, -0.1) is 0 Å². The number of rotatable bonds is 8. The monoisotopic (exact) mass is 258 g/mol. The van der Waals surface area contributed by atoms with Crippen molar-refractivity contribution in [3.05, 3.63) is 0 Å². The molecule has 0 aromatic carbocycles. The minimum atomic E-state index is 0.458. The van der Waals surface area contributed by atoms with E-state index in [9.17, 15) is 0 Å². The van der Waals surface area contributed by atoms with Crippen LogP contribution >= 0.6 is 12.2 Å². The van der Waals surface area contributed by atoms with Crippen molar-refractivity contribution in [2.45, 2.75) is 51.6 Å². The lowest BCUT2D eigenvalue weighted by Crippen LogP contribution is -2.40. The molecule has 100 valence electrons. The summed E-state index contributed by atoms with van der Waals surface area (Å²) >= 11 is 4.88. The van der Waals surface area contributed by atoms with Crippen molar-refractivity contribution in [3.8, 4) is 0 Å². The molecule has 0 amide bonds. The Balaban J connectivity index is 2.09. The topological polar surface area (TPSA) is 38.5 Å². The van der Waals surface area contributed by atoms with Crippen LogP contribution in [0.3, 0.4) is 0 Å². The lowest BCUT2D eigenvalue weighted by Gasteiger charge is -2.32. The molecule has 0 aromatic heterocycles. The Morgan fingerprint density at radius 3 is 3.00 bits per heavy atom. The van der Waals surface area contributed by atoms with Gasteiger partial charge in [0.25, 0.3) is 0 Å². The van der Waals surface area contributed by atoms with Crippen LogP contribution in [0.25, 0.3) is 0 Å². The van der Waals surface area contributed by atoms with Crippen LogP contribution < -0.4 is 5.73 Å². The molecule has 0 spiro atoms. The molecule has 1 saturated heterocycles. The highest BCUT2D eigenvalue weighted by Gasteiger charge is 2.19.